The lowest BCUT2D eigenvalue weighted by Crippen LogP contribution is -2.43. The third-order valence-electron chi connectivity index (χ3n) is 3.97. The highest BCUT2D eigenvalue weighted by atomic mass is 16.2. The molecule has 0 saturated carbocycles. The summed E-state index contributed by atoms with van der Waals surface area (Å²) < 4.78 is 0. The van der Waals surface area contributed by atoms with Crippen molar-refractivity contribution < 1.29 is 9.59 Å². The van der Waals surface area contributed by atoms with Crippen LogP contribution < -0.4 is 16.0 Å². The second-order valence-corrected chi connectivity index (χ2v) is 6.78. The van der Waals surface area contributed by atoms with Crippen molar-refractivity contribution in [1.29, 1.82) is 0 Å². The van der Waals surface area contributed by atoms with Gasteiger partial charge in [0.2, 0.25) is 5.91 Å². The molecule has 2 aromatic carbocycles. The van der Waals surface area contributed by atoms with Crippen LogP contribution in [-0.2, 0) is 10.3 Å². The summed E-state index contributed by atoms with van der Waals surface area (Å²) in [4.78, 5) is 23.7. The molecule has 0 heterocycles. The summed E-state index contributed by atoms with van der Waals surface area (Å²) in [6, 6.07) is 13.2. The molecule has 25 heavy (non-hydrogen) atoms. The van der Waals surface area contributed by atoms with Crippen molar-refractivity contribution in [2.24, 2.45) is 0 Å². The standard InChI is InChI=1S/C20H25N3O2/c1-13-7-6-8-16(11-13)20(4,5)23-19(25)22-17-10-9-14(2)18(12-17)21-15(3)24/h6-12H,1-5H3,(H,21,24)(H2,22,23,25). The molecule has 0 fully saturated rings. The fourth-order valence-corrected chi connectivity index (χ4v) is 2.58. The van der Waals surface area contributed by atoms with Crippen LogP contribution in [0.5, 0.6) is 0 Å². The molecular weight excluding hydrogens is 314 g/mol. The molecule has 0 bridgehead atoms. The quantitative estimate of drug-likeness (QED) is 0.776. The average molecular weight is 339 g/mol. The fourth-order valence-electron chi connectivity index (χ4n) is 2.58. The van der Waals surface area contributed by atoms with E-state index < -0.39 is 5.54 Å². The monoisotopic (exact) mass is 339 g/mol. The van der Waals surface area contributed by atoms with Crippen molar-refractivity contribution in [2.45, 2.75) is 40.2 Å². The Morgan fingerprint density at radius 2 is 1.68 bits per heavy atom. The highest BCUT2D eigenvalue weighted by Gasteiger charge is 2.23. The Balaban J connectivity index is 2.10. The van der Waals surface area contributed by atoms with Gasteiger partial charge in [0.1, 0.15) is 0 Å². The van der Waals surface area contributed by atoms with Gasteiger partial charge in [-0.15, -0.1) is 0 Å². The Hall–Kier alpha value is -2.82. The highest BCUT2D eigenvalue weighted by Crippen LogP contribution is 2.23. The van der Waals surface area contributed by atoms with Gasteiger partial charge in [0.25, 0.3) is 0 Å². The molecule has 5 heteroatoms. The van der Waals surface area contributed by atoms with Gasteiger partial charge in [-0.05, 0) is 51.0 Å². The van der Waals surface area contributed by atoms with Gasteiger partial charge >= 0.3 is 6.03 Å². The number of hydrogen-bond acceptors (Lipinski definition) is 2. The zero-order valence-corrected chi connectivity index (χ0v) is 15.4. The lowest BCUT2D eigenvalue weighted by atomic mass is 9.93. The van der Waals surface area contributed by atoms with Gasteiger partial charge < -0.3 is 16.0 Å². The minimum Gasteiger partial charge on any atom is -0.329 e. The lowest BCUT2D eigenvalue weighted by Gasteiger charge is -2.27. The second kappa shape index (κ2) is 7.38. The molecule has 2 aromatic rings. The van der Waals surface area contributed by atoms with E-state index in [4.69, 9.17) is 0 Å². The van der Waals surface area contributed by atoms with Crippen LogP contribution in [0.4, 0.5) is 16.2 Å². The predicted octanol–water partition coefficient (Wildman–Crippen LogP) is 4.32. The maximum absolute atomic E-state index is 12.4. The Labute approximate surface area is 148 Å². The van der Waals surface area contributed by atoms with Crippen molar-refractivity contribution in [3.8, 4) is 0 Å². The summed E-state index contributed by atoms with van der Waals surface area (Å²) in [5, 5.41) is 8.56. The van der Waals surface area contributed by atoms with Gasteiger partial charge in [0, 0.05) is 18.3 Å². The zero-order chi connectivity index (χ0) is 18.6. The summed E-state index contributed by atoms with van der Waals surface area (Å²) in [7, 11) is 0. The topological polar surface area (TPSA) is 70.2 Å². The van der Waals surface area contributed by atoms with E-state index >= 15 is 0 Å². The fraction of sp³-hybridized carbons (Fsp3) is 0.300. The normalized spacial score (nSPS) is 10.9. The van der Waals surface area contributed by atoms with Crippen LogP contribution in [0.25, 0.3) is 0 Å². The van der Waals surface area contributed by atoms with Crippen molar-refractivity contribution in [3.63, 3.8) is 0 Å². The van der Waals surface area contributed by atoms with Gasteiger partial charge in [-0.3, -0.25) is 4.79 Å². The van der Waals surface area contributed by atoms with Crippen molar-refractivity contribution in [1.82, 2.24) is 5.32 Å². The van der Waals surface area contributed by atoms with Crippen molar-refractivity contribution in [3.05, 3.63) is 59.2 Å². The van der Waals surface area contributed by atoms with E-state index in [-0.39, 0.29) is 11.9 Å². The first kappa shape index (κ1) is 18.5. The number of carbonyl (C=O) groups excluding carboxylic acids is 2. The molecule has 0 atom stereocenters. The molecule has 3 amide bonds. The SMILES string of the molecule is CC(=O)Nc1cc(NC(=O)NC(C)(C)c2cccc(C)c2)ccc1C. The number of amides is 3. The van der Waals surface area contributed by atoms with Crippen LogP contribution in [0, 0.1) is 13.8 Å². The Kier molecular flexibility index (Phi) is 5.47. The minimum atomic E-state index is -0.513. The van der Waals surface area contributed by atoms with Gasteiger partial charge in [0.05, 0.1) is 5.54 Å². The molecule has 132 valence electrons. The van der Waals surface area contributed by atoms with Gasteiger partial charge in [-0.2, -0.15) is 0 Å². The maximum Gasteiger partial charge on any atom is 0.319 e. The molecule has 0 radical (unpaired) electrons. The highest BCUT2D eigenvalue weighted by molar-refractivity contribution is 5.93. The zero-order valence-electron chi connectivity index (χ0n) is 15.4. The molecule has 0 saturated heterocycles. The number of urea groups is 1. The van der Waals surface area contributed by atoms with Crippen molar-refractivity contribution in [2.75, 3.05) is 10.6 Å². The molecule has 5 nitrogen and oxygen atoms in total. The summed E-state index contributed by atoms with van der Waals surface area (Å²) in [5.74, 6) is -0.148. The van der Waals surface area contributed by atoms with Crippen molar-refractivity contribution >= 4 is 23.3 Å². The number of carbonyl (C=O) groups is 2. The van der Waals surface area contributed by atoms with Crippen LogP contribution in [0.1, 0.15) is 37.5 Å². The van der Waals surface area contributed by atoms with E-state index in [1.165, 1.54) is 6.92 Å². The number of nitrogens with one attached hydrogen (secondary N) is 3. The summed E-state index contributed by atoms with van der Waals surface area (Å²) in [6.07, 6.45) is 0. The molecule has 0 aliphatic heterocycles. The van der Waals surface area contributed by atoms with Crippen LogP contribution >= 0.6 is 0 Å². The van der Waals surface area contributed by atoms with Gasteiger partial charge in [-0.1, -0.05) is 35.9 Å². The van der Waals surface area contributed by atoms with Crippen LogP contribution in [0.15, 0.2) is 42.5 Å². The molecule has 0 unspecified atom stereocenters. The van der Waals surface area contributed by atoms with E-state index in [9.17, 15) is 9.59 Å². The third-order valence-corrected chi connectivity index (χ3v) is 3.97. The van der Waals surface area contributed by atoms with Gasteiger partial charge in [0.15, 0.2) is 0 Å². The van der Waals surface area contributed by atoms with Crippen LogP contribution in [-0.4, -0.2) is 11.9 Å². The Morgan fingerprint density at radius 3 is 2.32 bits per heavy atom. The second-order valence-electron chi connectivity index (χ2n) is 6.78. The number of benzene rings is 2. The van der Waals surface area contributed by atoms with E-state index in [1.807, 2.05) is 52.0 Å². The van der Waals surface area contributed by atoms with E-state index in [1.54, 1.807) is 12.1 Å². The van der Waals surface area contributed by atoms with E-state index in [0.717, 1.165) is 16.7 Å². The number of anilines is 2. The molecule has 0 aliphatic rings. The summed E-state index contributed by atoms with van der Waals surface area (Å²) >= 11 is 0. The molecule has 3 N–H and O–H groups in total. The number of rotatable bonds is 4. The Bertz CT molecular complexity index is 797. The third kappa shape index (κ3) is 5.08. The first-order valence-electron chi connectivity index (χ1n) is 8.22. The number of hydrogen-bond donors (Lipinski definition) is 3. The molecule has 0 aromatic heterocycles. The lowest BCUT2D eigenvalue weighted by molar-refractivity contribution is -0.114. The molecule has 0 aliphatic carbocycles. The minimum absolute atomic E-state index is 0.148. The van der Waals surface area contributed by atoms with E-state index in [2.05, 4.69) is 22.0 Å². The molecule has 2 rings (SSSR count). The Morgan fingerprint density at radius 1 is 0.960 bits per heavy atom. The largest absolute Gasteiger partial charge is 0.329 e. The molecule has 0 spiro atoms. The van der Waals surface area contributed by atoms with Crippen LogP contribution in [0.3, 0.4) is 0 Å². The summed E-state index contributed by atoms with van der Waals surface area (Å²) in [5.41, 5.74) is 3.90. The smallest absolute Gasteiger partial charge is 0.319 e. The first-order valence-corrected chi connectivity index (χ1v) is 8.22. The van der Waals surface area contributed by atoms with Crippen LogP contribution in [0.2, 0.25) is 0 Å². The maximum atomic E-state index is 12.4. The average Bonchev–Trinajstić information content (AvgIpc) is 2.49. The first-order chi connectivity index (χ1) is 11.7. The van der Waals surface area contributed by atoms with Gasteiger partial charge in [-0.25, -0.2) is 4.79 Å². The summed E-state index contributed by atoms with van der Waals surface area (Å²) in [6.45, 7) is 9.29. The molecular formula is C20H25N3O2. The van der Waals surface area contributed by atoms with E-state index in [0.29, 0.717) is 11.4 Å². The number of aryl methyl sites for hydroxylation is 2. The predicted molar refractivity (Wildman–Crippen MR) is 102 cm³/mol.